The van der Waals surface area contributed by atoms with Gasteiger partial charge in [-0.25, -0.2) is 19.3 Å². The van der Waals surface area contributed by atoms with E-state index < -0.39 is 35.4 Å². The van der Waals surface area contributed by atoms with Gasteiger partial charge >= 0.3 is 0 Å². The van der Waals surface area contributed by atoms with Crippen LogP contribution in [0.2, 0.25) is 0 Å². The van der Waals surface area contributed by atoms with Gasteiger partial charge in [-0.05, 0) is 17.7 Å². The topological polar surface area (TPSA) is 178 Å². The van der Waals surface area contributed by atoms with Crippen LogP contribution in [0.5, 0.6) is 0 Å². The number of fused-ring (bicyclic) bond motifs is 1. The molecule has 1 aliphatic rings. The van der Waals surface area contributed by atoms with Crippen LogP contribution < -0.4 is 27.2 Å². The Kier molecular flexibility index (Phi) is 5.43. The number of halogens is 1. The van der Waals surface area contributed by atoms with Crippen molar-refractivity contribution in [3.05, 3.63) is 68.7 Å². The summed E-state index contributed by atoms with van der Waals surface area (Å²) in [5, 5.41) is 26.7. The molecule has 4 aromatic rings. The Labute approximate surface area is 190 Å². The highest BCUT2D eigenvalue weighted by molar-refractivity contribution is 5.81. The van der Waals surface area contributed by atoms with Gasteiger partial charge in [-0.3, -0.25) is 14.2 Å². The standard InChI is InChI=1S/C21H20FN7O5/c22-10-3-1-9(2-4-10)5-24-12-13(17(32)16(12)31)25-6-11-15(30)18(33)21(34-11)29-8-28-14-19(23)26-7-27-20(14)29/h1-4,7-8,11,15,18,21,24-25,30,33H,5-6H2,(H2,23,26,27)/t11-,15-,18-,21-/m1/s1. The Morgan fingerprint density at radius 2 is 1.74 bits per heavy atom. The van der Waals surface area contributed by atoms with Crippen LogP contribution in [0.15, 0.2) is 46.5 Å². The maximum absolute atomic E-state index is 13.1. The molecule has 1 fully saturated rings. The van der Waals surface area contributed by atoms with Crippen molar-refractivity contribution in [3.8, 4) is 0 Å². The fourth-order valence-electron chi connectivity index (χ4n) is 3.91. The van der Waals surface area contributed by atoms with E-state index in [0.29, 0.717) is 11.2 Å². The molecule has 4 atom stereocenters. The molecule has 176 valence electrons. The van der Waals surface area contributed by atoms with Crippen LogP contribution in [0.4, 0.5) is 21.6 Å². The van der Waals surface area contributed by atoms with Crippen LogP contribution in [0.25, 0.3) is 11.2 Å². The maximum Gasteiger partial charge on any atom is 0.253 e. The number of nitrogens with one attached hydrogen (secondary N) is 2. The average Bonchev–Trinajstić information content (AvgIpc) is 3.39. The molecule has 12 nitrogen and oxygen atoms in total. The number of aliphatic hydroxyl groups is 2. The van der Waals surface area contributed by atoms with Crippen molar-refractivity contribution in [2.75, 3.05) is 22.9 Å². The molecule has 5 rings (SSSR count). The molecule has 0 radical (unpaired) electrons. The Hall–Kier alpha value is -3.94. The SMILES string of the molecule is Nc1ncnc2c1ncn2[C@@H]1O[C@H](CNc2c(NCc3ccc(F)cc3)c(=O)c2=O)[C@@H](O)[C@H]1O. The average molecular weight is 469 g/mol. The van der Waals surface area contributed by atoms with Gasteiger partial charge in [0.25, 0.3) is 10.9 Å². The second-order valence-corrected chi connectivity index (χ2v) is 7.90. The smallest absolute Gasteiger partial charge is 0.253 e. The Morgan fingerprint density at radius 1 is 1.03 bits per heavy atom. The number of ether oxygens (including phenoxy) is 1. The van der Waals surface area contributed by atoms with Crippen molar-refractivity contribution < 1.29 is 19.3 Å². The zero-order valence-electron chi connectivity index (χ0n) is 17.6. The van der Waals surface area contributed by atoms with Gasteiger partial charge in [0.1, 0.15) is 47.3 Å². The van der Waals surface area contributed by atoms with Crippen molar-refractivity contribution in [2.24, 2.45) is 0 Å². The van der Waals surface area contributed by atoms with Gasteiger partial charge in [-0.15, -0.1) is 0 Å². The lowest BCUT2D eigenvalue weighted by Gasteiger charge is -2.19. The number of hydrogen-bond donors (Lipinski definition) is 5. The predicted molar refractivity (Wildman–Crippen MR) is 119 cm³/mol. The number of imidazole rings is 1. The number of nitrogens with two attached hydrogens (primary N) is 1. The van der Waals surface area contributed by atoms with E-state index in [-0.39, 0.29) is 36.1 Å². The first-order valence-corrected chi connectivity index (χ1v) is 10.3. The number of benzene rings is 1. The van der Waals surface area contributed by atoms with Crippen molar-refractivity contribution in [3.63, 3.8) is 0 Å². The molecule has 2 aromatic carbocycles. The summed E-state index contributed by atoms with van der Waals surface area (Å²) in [5.74, 6) is -0.216. The summed E-state index contributed by atoms with van der Waals surface area (Å²) < 4.78 is 20.3. The van der Waals surface area contributed by atoms with E-state index in [4.69, 9.17) is 10.5 Å². The second kappa shape index (κ2) is 8.44. The van der Waals surface area contributed by atoms with Gasteiger partial charge in [0.05, 0.1) is 6.33 Å². The summed E-state index contributed by atoms with van der Waals surface area (Å²) in [6.45, 7) is 0.149. The van der Waals surface area contributed by atoms with Gasteiger partial charge in [0.2, 0.25) is 0 Å². The first-order valence-electron chi connectivity index (χ1n) is 10.3. The van der Waals surface area contributed by atoms with E-state index in [1.807, 2.05) is 0 Å². The number of nitrogens with zero attached hydrogens (tertiary/aromatic N) is 4. The lowest BCUT2D eigenvalue weighted by molar-refractivity contribution is -0.0312. The number of anilines is 3. The third-order valence-corrected chi connectivity index (χ3v) is 5.77. The number of rotatable bonds is 7. The number of aliphatic hydroxyl groups excluding tert-OH is 2. The minimum Gasteiger partial charge on any atom is -0.387 e. The number of nitrogen functional groups attached to an aromatic ring is 1. The molecule has 0 saturated carbocycles. The fraction of sp³-hybridized carbons (Fsp3) is 0.286. The van der Waals surface area contributed by atoms with E-state index in [1.54, 1.807) is 12.1 Å². The molecule has 3 heterocycles. The fourth-order valence-corrected chi connectivity index (χ4v) is 3.91. The van der Waals surface area contributed by atoms with E-state index in [2.05, 4.69) is 25.6 Å². The first kappa shape index (κ1) is 21.9. The minimum atomic E-state index is -1.32. The van der Waals surface area contributed by atoms with E-state index in [9.17, 15) is 24.2 Å². The quantitative estimate of drug-likeness (QED) is 0.220. The summed E-state index contributed by atoms with van der Waals surface area (Å²) in [6, 6.07) is 5.71. The Morgan fingerprint density at radius 3 is 2.47 bits per heavy atom. The molecule has 34 heavy (non-hydrogen) atoms. The van der Waals surface area contributed by atoms with Crippen molar-refractivity contribution in [1.82, 2.24) is 19.5 Å². The monoisotopic (exact) mass is 469 g/mol. The summed E-state index contributed by atoms with van der Waals surface area (Å²) in [4.78, 5) is 36.2. The normalized spacial score (nSPS) is 22.4. The van der Waals surface area contributed by atoms with E-state index >= 15 is 0 Å². The summed E-state index contributed by atoms with van der Waals surface area (Å²) in [7, 11) is 0. The zero-order valence-corrected chi connectivity index (χ0v) is 17.6. The highest BCUT2D eigenvalue weighted by Gasteiger charge is 2.44. The van der Waals surface area contributed by atoms with E-state index in [1.165, 1.54) is 29.4 Å². The summed E-state index contributed by atoms with van der Waals surface area (Å²) >= 11 is 0. The summed E-state index contributed by atoms with van der Waals surface area (Å²) in [5.41, 5.74) is 5.91. The molecular formula is C21H20FN7O5. The zero-order chi connectivity index (χ0) is 24.0. The van der Waals surface area contributed by atoms with Gasteiger partial charge in [0.15, 0.2) is 17.7 Å². The van der Waals surface area contributed by atoms with Gasteiger partial charge in [-0.1, -0.05) is 12.1 Å². The largest absolute Gasteiger partial charge is 0.387 e. The van der Waals surface area contributed by atoms with Crippen LogP contribution in [0, 0.1) is 5.82 Å². The van der Waals surface area contributed by atoms with E-state index in [0.717, 1.165) is 5.56 Å². The molecule has 13 heteroatoms. The molecule has 0 unspecified atom stereocenters. The van der Waals surface area contributed by atoms with Crippen LogP contribution in [-0.2, 0) is 11.3 Å². The third-order valence-electron chi connectivity index (χ3n) is 5.77. The molecule has 6 N–H and O–H groups in total. The van der Waals surface area contributed by atoms with Crippen LogP contribution in [0.3, 0.4) is 0 Å². The molecule has 1 aliphatic heterocycles. The molecule has 0 amide bonds. The summed E-state index contributed by atoms with van der Waals surface area (Å²) in [6.07, 6.45) is -1.91. The second-order valence-electron chi connectivity index (χ2n) is 7.90. The number of aromatic nitrogens is 4. The van der Waals surface area contributed by atoms with Gasteiger partial charge in [0, 0.05) is 13.1 Å². The van der Waals surface area contributed by atoms with Gasteiger partial charge < -0.3 is 31.3 Å². The Balaban J connectivity index is 1.27. The van der Waals surface area contributed by atoms with Crippen molar-refractivity contribution >= 4 is 28.4 Å². The minimum absolute atomic E-state index is 0.0504. The first-order chi connectivity index (χ1) is 16.3. The molecule has 0 bridgehead atoms. The van der Waals surface area contributed by atoms with Crippen molar-refractivity contribution in [2.45, 2.75) is 31.1 Å². The molecule has 1 saturated heterocycles. The number of hydrogen-bond acceptors (Lipinski definition) is 11. The van der Waals surface area contributed by atoms with Crippen LogP contribution in [-0.4, -0.2) is 54.6 Å². The molecular weight excluding hydrogens is 449 g/mol. The van der Waals surface area contributed by atoms with Gasteiger partial charge in [-0.2, -0.15) is 0 Å². The Bertz CT molecular complexity index is 1420. The van der Waals surface area contributed by atoms with Crippen LogP contribution >= 0.6 is 0 Å². The highest BCUT2D eigenvalue weighted by atomic mass is 19.1. The molecule has 2 aromatic heterocycles. The maximum atomic E-state index is 13.1. The lowest BCUT2D eigenvalue weighted by atomic mass is 10.1. The lowest BCUT2D eigenvalue weighted by Crippen LogP contribution is -2.41. The van der Waals surface area contributed by atoms with Crippen molar-refractivity contribution in [1.29, 1.82) is 0 Å². The highest BCUT2D eigenvalue weighted by Crippen LogP contribution is 2.32. The molecule has 0 spiro atoms. The molecule has 0 aliphatic carbocycles. The third kappa shape index (κ3) is 3.65. The van der Waals surface area contributed by atoms with Crippen LogP contribution in [0.1, 0.15) is 11.8 Å². The predicted octanol–water partition coefficient (Wildman–Crippen LogP) is -0.513.